The fourth-order valence-electron chi connectivity index (χ4n) is 1.85. The van der Waals surface area contributed by atoms with Crippen LogP contribution in [0.5, 0.6) is 0 Å². The third-order valence-electron chi connectivity index (χ3n) is 2.70. The van der Waals surface area contributed by atoms with E-state index < -0.39 is 11.9 Å². The lowest BCUT2D eigenvalue weighted by Crippen LogP contribution is -2.15. The number of nitrogens with zero attached hydrogens (tertiary/aromatic N) is 2. The van der Waals surface area contributed by atoms with Crippen molar-refractivity contribution in [3.8, 4) is 0 Å². The molecule has 0 radical (unpaired) electrons. The second kappa shape index (κ2) is 5.50. The summed E-state index contributed by atoms with van der Waals surface area (Å²) in [6, 6.07) is 6.63. The molecule has 1 aromatic carbocycles. The van der Waals surface area contributed by atoms with E-state index in [1.165, 1.54) is 6.07 Å². The summed E-state index contributed by atoms with van der Waals surface area (Å²) in [4.78, 5) is 0. The van der Waals surface area contributed by atoms with Gasteiger partial charge in [-0.3, -0.25) is 4.68 Å². The highest BCUT2D eigenvalue weighted by molar-refractivity contribution is 6.30. The minimum Gasteiger partial charge on any atom is -0.392 e. The Balaban J connectivity index is 2.03. The van der Waals surface area contributed by atoms with Crippen molar-refractivity contribution in [2.45, 2.75) is 18.9 Å². The molecule has 0 bridgehead atoms. The van der Waals surface area contributed by atoms with Crippen molar-refractivity contribution in [3.63, 3.8) is 0 Å². The number of hydrogen-bond acceptors (Lipinski definition) is 2. The lowest BCUT2D eigenvalue weighted by molar-refractivity contribution is 0.172. The first-order valence-electron chi connectivity index (χ1n) is 5.65. The highest BCUT2D eigenvalue weighted by Gasteiger charge is 2.13. The van der Waals surface area contributed by atoms with Gasteiger partial charge in [0.15, 0.2) is 0 Å². The van der Waals surface area contributed by atoms with Gasteiger partial charge in [0.2, 0.25) is 0 Å². The van der Waals surface area contributed by atoms with Crippen LogP contribution in [0.25, 0.3) is 0 Å². The summed E-state index contributed by atoms with van der Waals surface area (Å²) in [6.45, 7) is 0. The van der Waals surface area contributed by atoms with Crippen molar-refractivity contribution < 1.29 is 9.50 Å². The quantitative estimate of drug-likeness (QED) is 0.924. The number of halogens is 2. The highest BCUT2D eigenvalue weighted by atomic mass is 35.5. The molecule has 96 valence electrons. The van der Waals surface area contributed by atoms with Gasteiger partial charge >= 0.3 is 0 Å². The Hall–Kier alpha value is -1.39. The predicted molar refractivity (Wildman–Crippen MR) is 68.0 cm³/mol. The Morgan fingerprint density at radius 2 is 2.17 bits per heavy atom. The monoisotopic (exact) mass is 268 g/mol. The third-order valence-corrected chi connectivity index (χ3v) is 2.99. The minimum absolute atomic E-state index is 0.0811. The molecule has 1 atom stereocenters. The van der Waals surface area contributed by atoms with Crippen LogP contribution in [0.2, 0.25) is 5.02 Å². The summed E-state index contributed by atoms with van der Waals surface area (Å²) in [7, 11) is 1.81. The molecule has 1 unspecified atom stereocenters. The van der Waals surface area contributed by atoms with Gasteiger partial charge in [-0.05, 0) is 17.7 Å². The molecule has 3 nitrogen and oxygen atoms in total. The molecule has 2 rings (SSSR count). The lowest BCUT2D eigenvalue weighted by atomic mass is 10.0. The average Bonchev–Trinajstić information content (AvgIpc) is 2.70. The molecule has 0 aliphatic heterocycles. The van der Waals surface area contributed by atoms with E-state index in [1.807, 2.05) is 19.3 Å². The molecule has 1 heterocycles. The molecule has 18 heavy (non-hydrogen) atoms. The zero-order chi connectivity index (χ0) is 13.1. The molecule has 2 aromatic rings. The molecule has 0 aliphatic carbocycles. The first-order chi connectivity index (χ1) is 8.56. The third kappa shape index (κ3) is 3.09. The van der Waals surface area contributed by atoms with Crippen LogP contribution in [0.4, 0.5) is 4.39 Å². The van der Waals surface area contributed by atoms with Gasteiger partial charge < -0.3 is 5.11 Å². The highest BCUT2D eigenvalue weighted by Crippen LogP contribution is 2.19. The average molecular weight is 269 g/mol. The van der Waals surface area contributed by atoms with Crippen LogP contribution >= 0.6 is 11.6 Å². The molecule has 0 aliphatic rings. The molecule has 0 saturated carbocycles. The molecule has 0 fully saturated rings. The van der Waals surface area contributed by atoms with Gasteiger partial charge in [0.25, 0.3) is 0 Å². The van der Waals surface area contributed by atoms with Crippen LogP contribution in [0.1, 0.15) is 11.3 Å². The predicted octanol–water partition coefficient (Wildman–Crippen LogP) is 2.36. The van der Waals surface area contributed by atoms with Crippen LogP contribution in [-0.4, -0.2) is 21.0 Å². The normalized spacial score (nSPS) is 12.7. The zero-order valence-corrected chi connectivity index (χ0v) is 10.7. The van der Waals surface area contributed by atoms with E-state index >= 15 is 0 Å². The lowest BCUT2D eigenvalue weighted by Gasteiger charge is -2.10. The molecular weight excluding hydrogens is 255 g/mol. The van der Waals surface area contributed by atoms with Crippen LogP contribution in [0, 0.1) is 5.82 Å². The summed E-state index contributed by atoms with van der Waals surface area (Å²) < 4.78 is 15.3. The van der Waals surface area contributed by atoms with Gasteiger partial charge in [-0.25, -0.2) is 4.39 Å². The Labute approximate surface area is 110 Å². The van der Waals surface area contributed by atoms with Crippen LogP contribution < -0.4 is 0 Å². The fraction of sp³-hybridized carbons (Fsp3) is 0.308. The molecule has 1 N–H and O–H groups in total. The summed E-state index contributed by atoms with van der Waals surface area (Å²) in [5.74, 6) is -0.459. The van der Waals surface area contributed by atoms with E-state index in [-0.39, 0.29) is 11.4 Å². The van der Waals surface area contributed by atoms with E-state index in [0.717, 1.165) is 5.69 Å². The maximum absolute atomic E-state index is 13.6. The zero-order valence-electron chi connectivity index (χ0n) is 9.98. The Bertz CT molecular complexity index is 542. The summed E-state index contributed by atoms with van der Waals surface area (Å²) in [5.41, 5.74) is 1.21. The number of rotatable bonds is 4. The topological polar surface area (TPSA) is 38.0 Å². The molecule has 0 saturated heterocycles. The number of aliphatic hydroxyl groups excluding tert-OH is 1. The standard InChI is InChI=1S/C13H14ClFN2O/c1-17-6-5-10(16-17)8-11(18)7-9-3-2-4-12(14)13(9)15/h2-6,11,18H,7-8H2,1H3. The number of benzene rings is 1. The van der Waals surface area contributed by atoms with Crippen LogP contribution in [-0.2, 0) is 19.9 Å². The smallest absolute Gasteiger partial charge is 0.145 e. The van der Waals surface area contributed by atoms with E-state index in [0.29, 0.717) is 12.0 Å². The van der Waals surface area contributed by atoms with Crippen molar-refractivity contribution in [2.24, 2.45) is 7.05 Å². The number of aromatic nitrogens is 2. The van der Waals surface area contributed by atoms with Crippen LogP contribution in [0.3, 0.4) is 0 Å². The van der Waals surface area contributed by atoms with Gasteiger partial charge in [0.05, 0.1) is 16.8 Å². The number of hydrogen-bond donors (Lipinski definition) is 1. The molecule has 0 spiro atoms. The first-order valence-corrected chi connectivity index (χ1v) is 6.03. The Morgan fingerprint density at radius 3 is 2.83 bits per heavy atom. The van der Waals surface area contributed by atoms with E-state index in [9.17, 15) is 9.50 Å². The first kappa shape index (κ1) is 13.1. The molecule has 5 heteroatoms. The largest absolute Gasteiger partial charge is 0.392 e. The van der Waals surface area contributed by atoms with Gasteiger partial charge in [-0.15, -0.1) is 0 Å². The summed E-state index contributed by atoms with van der Waals surface area (Å²) in [6.07, 6.45) is 1.76. The van der Waals surface area contributed by atoms with E-state index in [1.54, 1.807) is 16.8 Å². The van der Waals surface area contributed by atoms with Crippen molar-refractivity contribution in [2.75, 3.05) is 0 Å². The molecular formula is C13H14ClFN2O. The van der Waals surface area contributed by atoms with Crippen LogP contribution in [0.15, 0.2) is 30.5 Å². The second-order valence-electron chi connectivity index (χ2n) is 4.26. The maximum atomic E-state index is 13.6. The molecule has 0 amide bonds. The molecule has 1 aromatic heterocycles. The number of aryl methyl sites for hydroxylation is 1. The van der Waals surface area contributed by atoms with Crippen molar-refractivity contribution in [1.29, 1.82) is 0 Å². The van der Waals surface area contributed by atoms with Gasteiger partial charge in [0.1, 0.15) is 5.82 Å². The van der Waals surface area contributed by atoms with Crippen molar-refractivity contribution in [3.05, 3.63) is 52.6 Å². The van der Waals surface area contributed by atoms with Gasteiger partial charge in [-0.1, -0.05) is 23.7 Å². The Morgan fingerprint density at radius 1 is 1.39 bits per heavy atom. The maximum Gasteiger partial charge on any atom is 0.145 e. The number of aliphatic hydroxyl groups is 1. The Kier molecular flexibility index (Phi) is 3.99. The van der Waals surface area contributed by atoms with Gasteiger partial charge in [0, 0.05) is 26.1 Å². The minimum atomic E-state index is -0.673. The van der Waals surface area contributed by atoms with Gasteiger partial charge in [-0.2, -0.15) is 5.10 Å². The SMILES string of the molecule is Cn1ccc(CC(O)Cc2cccc(Cl)c2F)n1. The van der Waals surface area contributed by atoms with Crippen molar-refractivity contribution in [1.82, 2.24) is 9.78 Å². The summed E-state index contributed by atoms with van der Waals surface area (Å²) in [5, 5.41) is 14.2. The fourth-order valence-corrected chi connectivity index (χ4v) is 2.04. The second-order valence-corrected chi connectivity index (χ2v) is 4.66. The van der Waals surface area contributed by atoms with E-state index in [4.69, 9.17) is 11.6 Å². The van der Waals surface area contributed by atoms with E-state index in [2.05, 4.69) is 5.10 Å². The van der Waals surface area contributed by atoms with Crippen molar-refractivity contribution >= 4 is 11.6 Å². The summed E-state index contributed by atoms with van der Waals surface area (Å²) >= 11 is 5.69.